The Morgan fingerprint density at radius 2 is 0.788 bits per heavy atom. The molecule has 146 heavy (non-hydrogen) atoms. The molecule has 54 heteroatoms. The minimum absolute atomic E-state index is 0.0100. The van der Waals surface area contributed by atoms with Gasteiger partial charge in [-0.2, -0.15) is 0 Å². The summed E-state index contributed by atoms with van der Waals surface area (Å²) in [6, 6.07) is -22.3. The molecule has 0 bridgehead atoms. The van der Waals surface area contributed by atoms with E-state index in [0.29, 0.717) is 31.2 Å². The maximum absolute atomic E-state index is 15.0. The Labute approximate surface area is 847 Å². The third-order valence-electron chi connectivity index (χ3n) is 23.4. The third kappa shape index (κ3) is 46.5. The lowest BCUT2D eigenvalue weighted by molar-refractivity contribution is -0.143. The molecule has 1 aromatic rings. The predicted octanol–water partition coefficient (Wildman–Crippen LogP) is -10.7. The van der Waals surface area contributed by atoms with Gasteiger partial charge in [-0.15, -0.1) is 0 Å². The minimum atomic E-state index is -1.94. The lowest BCUT2D eigenvalue weighted by Crippen LogP contribution is -2.62. The van der Waals surface area contributed by atoms with Gasteiger partial charge in [-0.1, -0.05) is 87.8 Å². The molecule has 1 aromatic carbocycles. The second-order valence-electron chi connectivity index (χ2n) is 37.6. The van der Waals surface area contributed by atoms with E-state index in [9.17, 15) is 127 Å². The first-order chi connectivity index (χ1) is 68.7. The molecule has 37 N–H and O–H groups in total. The van der Waals surface area contributed by atoms with E-state index in [1.54, 1.807) is 55.4 Å². The van der Waals surface area contributed by atoms with Crippen LogP contribution in [0.5, 0.6) is 5.75 Å². The van der Waals surface area contributed by atoms with E-state index in [2.05, 4.69) is 95.7 Å². The van der Waals surface area contributed by atoms with E-state index < -0.39 is 290 Å². The van der Waals surface area contributed by atoms with Crippen molar-refractivity contribution in [1.29, 1.82) is 5.41 Å². The van der Waals surface area contributed by atoms with Crippen LogP contribution >= 0.6 is 0 Å². The van der Waals surface area contributed by atoms with Crippen LogP contribution in [0.2, 0.25) is 0 Å². The van der Waals surface area contributed by atoms with E-state index in [-0.39, 0.29) is 139 Å². The molecule has 0 saturated carbocycles. The van der Waals surface area contributed by atoms with Crippen LogP contribution in [-0.2, 0) is 107 Å². The van der Waals surface area contributed by atoms with Crippen LogP contribution in [0, 0.1) is 35.0 Å². The number of nitrogens with zero attached hydrogens (tertiary/aromatic N) is 1. The highest BCUT2D eigenvalue weighted by Crippen LogP contribution is 2.23. The normalized spacial score (nSPS) is 16.2. The summed E-state index contributed by atoms with van der Waals surface area (Å²) in [5, 5.41) is 124. The second kappa shape index (κ2) is 66.8. The summed E-state index contributed by atoms with van der Waals surface area (Å²) in [5.74, 6) is -24.0. The van der Waals surface area contributed by atoms with Crippen LogP contribution in [-0.4, -0.2) is 351 Å². The average molecular weight is 2080 g/mol. The van der Waals surface area contributed by atoms with Crippen LogP contribution in [0.25, 0.3) is 0 Å². The highest BCUT2D eigenvalue weighted by Gasteiger charge is 2.44. The zero-order chi connectivity index (χ0) is 111. The number of amides is 20. The van der Waals surface area contributed by atoms with Crippen LogP contribution in [0.3, 0.4) is 0 Å². The Bertz CT molecular complexity index is 4510. The topological polar surface area (TPSA) is 886 Å². The number of hydrogen-bond acceptors (Lipinski definition) is 31. The Morgan fingerprint density at radius 1 is 0.404 bits per heavy atom. The molecule has 1 heterocycles. The largest absolute Gasteiger partial charge is 0.508 e. The van der Waals surface area contributed by atoms with Gasteiger partial charge in [0.2, 0.25) is 118 Å². The molecule has 0 aromatic heterocycles. The first kappa shape index (κ1) is 129. The number of aliphatic carboxylic acids is 1. The van der Waals surface area contributed by atoms with Crippen molar-refractivity contribution >= 4 is 130 Å². The molecule has 0 unspecified atom stereocenters. The smallest absolute Gasteiger partial charge is 0.328 e. The number of aliphatic hydroxyl groups is 5. The minimum Gasteiger partial charge on any atom is -0.508 e. The van der Waals surface area contributed by atoms with Crippen molar-refractivity contribution in [3.05, 3.63) is 29.8 Å². The third-order valence-corrected chi connectivity index (χ3v) is 23.4. The molecule has 1 saturated heterocycles. The summed E-state index contributed by atoms with van der Waals surface area (Å²) in [7, 11) is 0. The molecule has 2 rings (SSSR count). The van der Waals surface area contributed by atoms with E-state index in [4.69, 9.17) is 39.2 Å². The lowest BCUT2D eigenvalue weighted by Gasteiger charge is -2.31. The van der Waals surface area contributed by atoms with E-state index in [1.165, 1.54) is 49.9 Å². The first-order valence-electron chi connectivity index (χ1n) is 49.0. The van der Waals surface area contributed by atoms with Gasteiger partial charge in [-0.05, 0) is 171 Å². The van der Waals surface area contributed by atoms with E-state index in [1.807, 2.05) is 5.32 Å². The van der Waals surface area contributed by atoms with Crippen molar-refractivity contribution < 1.29 is 136 Å². The van der Waals surface area contributed by atoms with Crippen molar-refractivity contribution in [2.75, 3.05) is 65.7 Å². The number of carboxylic acids is 1. The zero-order valence-corrected chi connectivity index (χ0v) is 85.3. The molecule has 1 aliphatic rings. The quantitative estimate of drug-likeness (QED) is 0.0164. The number of aliphatic hydroxyl groups excluding tert-OH is 5. The Morgan fingerprint density at radius 3 is 1.25 bits per heavy atom. The number of unbranched alkanes of at least 4 members (excludes halogenated alkanes) is 2. The van der Waals surface area contributed by atoms with Gasteiger partial charge in [0, 0.05) is 25.9 Å². The summed E-state index contributed by atoms with van der Waals surface area (Å²) in [4.78, 5) is 290. The van der Waals surface area contributed by atoms with Crippen molar-refractivity contribution in [3.8, 4) is 5.75 Å². The number of carbonyl (C=O) groups is 21. The predicted molar refractivity (Wildman–Crippen MR) is 526 cm³/mol. The highest BCUT2D eigenvalue weighted by molar-refractivity contribution is 6.02. The van der Waals surface area contributed by atoms with Crippen molar-refractivity contribution in [1.82, 2.24) is 106 Å². The fourth-order valence-electron chi connectivity index (χ4n) is 15.0. The number of carbonyl (C=O) groups excluding carboxylic acids is 20. The lowest BCUT2D eigenvalue weighted by atomic mass is 9.95. The summed E-state index contributed by atoms with van der Waals surface area (Å²) >= 11 is 0. The van der Waals surface area contributed by atoms with Gasteiger partial charge in [-0.25, -0.2) is 4.79 Å². The first-order valence-corrected chi connectivity index (χ1v) is 49.0. The monoisotopic (exact) mass is 2080 g/mol. The highest BCUT2D eigenvalue weighted by atomic mass is 16.4. The van der Waals surface area contributed by atoms with Gasteiger partial charge in [0.15, 0.2) is 5.96 Å². The van der Waals surface area contributed by atoms with Gasteiger partial charge < -0.3 is 170 Å². The number of rotatable bonds is 69. The molecule has 54 nitrogen and oxygen atoms in total. The number of phenols is 1. The van der Waals surface area contributed by atoms with Crippen LogP contribution in [0.15, 0.2) is 24.3 Å². The number of phenolic OH excluding ortho intramolecular Hbond substituents is 1. The summed E-state index contributed by atoms with van der Waals surface area (Å²) in [5.41, 5.74) is 28.4. The van der Waals surface area contributed by atoms with Crippen molar-refractivity contribution in [3.63, 3.8) is 0 Å². The number of hydrogen-bond donors (Lipinski definition) is 32. The molecule has 1 aliphatic heterocycles. The number of carboxylic acid groups (broad SMARTS) is 1. The standard InChI is InChI=1S/C92H158N26O28/c1-14-49(10)72(116-83(137)61(37-47(6)7)108-81(135)60(36-46(4)5)107-78(132)56(22-16-18-32-94)105-86(140)67-24-20-34-118(67)90(144)58(23-19-33-99-92(97)98)106-79(133)57(29-30-68(96)125)103-69(126)39-95)88(142)110-62(38-53-25-27-54(124)28-26-53)82(136)104-55(21-15-17-31-93)77(131)101-50(11)75(129)112-65(43-121)85(139)117-73(52(13)123)89(143)109-59(35-45(2)3)80(134)102-51(12)74(128)111-63(41-119)76(130)100-40-70(127)115-71(48(8)9)87(141)113-64(42-120)84(138)114-66(44-122)91(145)146/h25-28,45-52,55-67,71-73,119-124H,14-24,29-44,93-95H2,1-13H3,(H2,96,125)(H,100,130)(H,101,131)(H,102,134)(H,103,126)(H,104,136)(H,105,140)(H,106,133)(H,107,132)(H,108,135)(H,109,143)(H,110,142)(H,111,128)(H,112,129)(H,113,141)(H,114,138)(H,115,127)(H,116,137)(H,117,139)(H,145,146)(H4,97,98,99)/t49-,50-,51-,52+,55-,56-,57-,58-,59-,60-,61-,62-,63-,64-,65-,66-,67-,71-,72-,73-/m0/s1. The van der Waals surface area contributed by atoms with Gasteiger partial charge in [0.25, 0.3) is 0 Å². The van der Waals surface area contributed by atoms with Crippen LogP contribution < -0.4 is 130 Å². The molecule has 0 spiro atoms. The zero-order valence-electron chi connectivity index (χ0n) is 85.3. The van der Waals surface area contributed by atoms with Crippen LogP contribution in [0.4, 0.5) is 0 Å². The molecular formula is C92H158N26O28. The SMILES string of the molecule is CC[C@H](C)[C@H](NC(=O)[C@H](CC(C)C)NC(=O)[C@H](CC(C)C)NC(=O)[C@H](CCCCN)NC(=O)[C@@H]1CCCN1C(=O)[C@H](CCCNC(=N)N)NC(=O)[C@H](CCC(N)=O)NC(=O)CN)C(=O)N[C@@H](Cc1ccc(O)cc1)C(=O)N[C@@H](CCCCN)C(=O)N[C@@H](C)C(=O)N[C@@H](CO)C(=O)N[C@H](C(=O)N[C@@H](CC(C)C)C(=O)N[C@@H](C)C(=O)N[C@@H](CO)C(=O)NCC(=O)N[C@H](C(=O)N[C@@H](CO)C(=O)N[C@@H](CO)C(=O)O)C(C)C)[C@@H](C)O. The number of benzene rings is 1. The maximum Gasteiger partial charge on any atom is 0.328 e. The molecule has 1 fully saturated rings. The number of nitrogens with one attached hydrogen (secondary N) is 20. The summed E-state index contributed by atoms with van der Waals surface area (Å²) < 4.78 is 0. The average Bonchev–Trinajstić information content (AvgIpc) is 1.65. The molecule has 20 atom stereocenters. The Hall–Kier alpha value is -13.2. The number of guanidine groups is 1. The number of aromatic hydroxyl groups is 1. The van der Waals surface area contributed by atoms with Crippen molar-refractivity contribution in [2.45, 2.75) is 314 Å². The van der Waals surface area contributed by atoms with Gasteiger partial charge in [0.05, 0.1) is 45.6 Å². The van der Waals surface area contributed by atoms with Gasteiger partial charge in [0.1, 0.15) is 115 Å². The Balaban J connectivity index is 2.43. The van der Waals surface area contributed by atoms with Gasteiger partial charge in [-0.3, -0.25) is 101 Å². The number of likely N-dealkylation sites (tertiary alicyclic amines) is 1. The maximum atomic E-state index is 15.0. The van der Waals surface area contributed by atoms with Crippen molar-refractivity contribution in [2.24, 2.45) is 58.3 Å². The van der Waals surface area contributed by atoms with E-state index in [0.717, 1.165) is 13.8 Å². The van der Waals surface area contributed by atoms with Crippen LogP contribution in [0.1, 0.15) is 198 Å². The molecule has 20 amide bonds. The number of primary amides is 1. The van der Waals surface area contributed by atoms with E-state index >= 15 is 4.79 Å². The molecule has 0 aliphatic carbocycles. The van der Waals surface area contributed by atoms with Gasteiger partial charge >= 0.3 is 5.97 Å². The summed E-state index contributed by atoms with van der Waals surface area (Å²) in [6.45, 7) is 14.8. The number of nitrogens with two attached hydrogens (primary N) is 5. The Kier molecular flexibility index (Phi) is 59.0. The second-order valence-corrected chi connectivity index (χ2v) is 37.6. The molecule has 0 radical (unpaired) electrons. The summed E-state index contributed by atoms with van der Waals surface area (Å²) in [6.07, 6.45) is -1.13. The molecule has 824 valence electrons. The fraction of sp³-hybridized carbons (Fsp3) is 0.696. The fourth-order valence-corrected chi connectivity index (χ4v) is 15.0. The molecular weight excluding hydrogens is 1920 g/mol.